The number of nitrogens with one attached hydrogen (secondary N) is 1. The van der Waals surface area contributed by atoms with Crippen LogP contribution in [0.5, 0.6) is 0 Å². The number of carbonyl (C=O) groups is 2. The van der Waals surface area contributed by atoms with Gasteiger partial charge in [-0.25, -0.2) is 4.79 Å². The first kappa shape index (κ1) is 15.4. The fourth-order valence-corrected chi connectivity index (χ4v) is 2.45. The normalized spacial score (nSPS) is 12.5. The summed E-state index contributed by atoms with van der Waals surface area (Å²) in [6.07, 6.45) is 4.54. The van der Waals surface area contributed by atoms with Crippen LogP contribution in [-0.4, -0.2) is 17.0 Å². The first-order valence-corrected chi connectivity index (χ1v) is 7.17. The molecule has 2 N–H and O–H groups in total. The van der Waals surface area contributed by atoms with Gasteiger partial charge in [-0.05, 0) is 29.5 Å². The van der Waals surface area contributed by atoms with Crippen LogP contribution in [0.15, 0.2) is 17.5 Å². The van der Waals surface area contributed by atoms with Crippen molar-refractivity contribution in [3.8, 4) is 0 Å². The van der Waals surface area contributed by atoms with Crippen LogP contribution in [0, 0.1) is 5.92 Å². The van der Waals surface area contributed by atoms with E-state index in [1.807, 2.05) is 18.4 Å². The average molecular weight is 281 g/mol. The van der Waals surface area contributed by atoms with Gasteiger partial charge in [0.1, 0.15) is 0 Å². The largest absolute Gasteiger partial charge is 0.478 e. The molecule has 1 aromatic rings. The lowest BCUT2D eigenvalue weighted by atomic mass is 10.1. The molecule has 1 atom stereocenters. The zero-order valence-corrected chi connectivity index (χ0v) is 12.0. The molecule has 0 saturated heterocycles. The van der Waals surface area contributed by atoms with E-state index in [-0.39, 0.29) is 11.8 Å². The van der Waals surface area contributed by atoms with Crippen molar-refractivity contribution < 1.29 is 14.7 Å². The third-order valence-corrected chi connectivity index (χ3v) is 3.65. The van der Waals surface area contributed by atoms with Crippen molar-refractivity contribution in [1.82, 2.24) is 5.32 Å². The molecule has 0 bridgehead atoms. The molecule has 0 aliphatic carbocycles. The van der Waals surface area contributed by atoms with Gasteiger partial charge in [-0.3, -0.25) is 4.79 Å². The molecule has 1 rings (SSSR count). The van der Waals surface area contributed by atoms with Gasteiger partial charge in [0, 0.05) is 16.9 Å². The third kappa shape index (κ3) is 5.70. The molecule has 104 valence electrons. The second-order valence-electron chi connectivity index (χ2n) is 4.43. The molecule has 0 aliphatic rings. The summed E-state index contributed by atoms with van der Waals surface area (Å²) in [4.78, 5) is 23.1. The highest BCUT2D eigenvalue weighted by Crippen LogP contribution is 2.16. The van der Waals surface area contributed by atoms with Gasteiger partial charge in [-0.2, -0.15) is 0 Å². The van der Waals surface area contributed by atoms with E-state index < -0.39 is 5.97 Å². The van der Waals surface area contributed by atoms with E-state index >= 15 is 0 Å². The van der Waals surface area contributed by atoms with Crippen LogP contribution < -0.4 is 5.32 Å². The Labute approximate surface area is 117 Å². The van der Waals surface area contributed by atoms with E-state index in [1.165, 1.54) is 11.3 Å². The molecule has 0 radical (unpaired) electrons. The molecule has 1 aromatic heterocycles. The van der Waals surface area contributed by atoms with E-state index in [4.69, 9.17) is 5.11 Å². The number of hydrogen-bond acceptors (Lipinski definition) is 3. The summed E-state index contributed by atoms with van der Waals surface area (Å²) in [5.41, 5.74) is 0.846. The Kier molecular flexibility index (Phi) is 6.29. The van der Waals surface area contributed by atoms with E-state index in [0.29, 0.717) is 6.54 Å². The van der Waals surface area contributed by atoms with Crippen molar-refractivity contribution in [2.45, 2.75) is 33.2 Å². The number of carboxylic acid groups (broad SMARTS) is 1. The Morgan fingerprint density at radius 2 is 2.26 bits per heavy atom. The monoisotopic (exact) mass is 281 g/mol. The maximum Gasteiger partial charge on any atom is 0.328 e. The minimum Gasteiger partial charge on any atom is -0.478 e. The smallest absolute Gasteiger partial charge is 0.328 e. The van der Waals surface area contributed by atoms with Gasteiger partial charge >= 0.3 is 5.97 Å². The minimum absolute atomic E-state index is 0.0383. The molecular weight excluding hydrogens is 262 g/mol. The SMILES string of the molecule is CCCC(C)C(=O)NCc1cc(C=CC(=O)O)cs1. The van der Waals surface area contributed by atoms with E-state index in [9.17, 15) is 9.59 Å². The average Bonchev–Trinajstić information content (AvgIpc) is 2.81. The molecule has 0 aliphatic heterocycles. The van der Waals surface area contributed by atoms with Gasteiger partial charge in [0.05, 0.1) is 6.54 Å². The molecule has 5 heteroatoms. The number of hydrogen-bond donors (Lipinski definition) is 2. The van der Waals surface area contributed by atoms with Crippen molar-refractivity contribution in [1.29, 1.82) is 0 Å². The van der Waals surface area contributed by atoms with E-state index in [2.05, 4.69) is 12.2 Å². The summed E-state index contributed by atoms with van der Waals surface area (Å²) in [6, 6.07) is 1.88. The predicted molar refractivity (Wildman–Crippen MR) is 76.9 cm³/mol. The van der Waals surface area contributed by atoms with Crippen LogP contribution in [0.3, 0.4) is 0 Å². The maximum atomic E-state index is 11.7. The van der Waals surface area contributed by atoms with Crippen LogP contribution >= 0.6 is 11.3 Å². The molecule has 1 heterocycles. The molecule has 0 spiro atoms. The number of carboxylic acids is 1. The Hall–Kier alpha value is -1.62. The van der Waals surface area contributed by atoms with Crippen molar-refractivity contribution in [2.24, 2.45) is 5.92 Å². The minimum atomic E-state index is -0.963. The van der Waals surface area contributed by atoms with Gasteiger partial charge in [-0.1, -0.05) is 20.3 Å². The molecule has 19 heavy (non-hydrogen) atoms. The quantitative estimate of drug-likeness (QED) is 0.755. The lowest BCUT2D eigenvalue weighted by Gasteiger charge is -2.09. The Morgan fingerprint density at radius 1 is 1.53 bits per heavy atom. The highest BCUT2D eigenvalue weighted by atomic mass is 32.1. The lowest BCUT2D eigenvalue weighted by molar-refractivity contribution is -0.131. The lowest BCUT2D eigenvalue weighted by Crippen LogP contribution is -2.28. The molecule has 0 aromatic carbocycles. The van der Waals surface area contributed by atoms with Gasteiger partial charge < -0.3 is 10.4 Å². The molecule has 0 saturated carbocycles. The fourth-order valence-electron chi connectivity index (χ4n) is 1.66. The van der Waals surface area contributed by atoms with Crippen molar-refractivity contribution >= 4 is 29.3 Å². The molecule has 1 unspecified atom stereocenters. The summed E-state index contributed by atoms with van der Waals surface area (Å²) in [6.45, 7) is 4.48. The van der Waals surface area contributed by atoms with Crippen molar-refractivity contribution in [2.75, 3.05) is 0 Å². The zero-order valence-electron chi connectivity index (χ0n) is 11.2. The Balaban J connectivity index is 2.46. The van der Waals surface area contributed by atoms with Crippen LogP contribution in [0.4, 0.5) is 0 Å². The highest BCUT2D eigenvalue weighted by molar-refractivity contribution is 7.10. The van der Waals surface area contributed by atoms with Crippen LogP contribution in [0.1, 0.15) is 37.1 Å². The second kappa shape index (κ2) is 7.74. The van der Waals surface area contributed by atoms with Gasteiger partial charge in [0.25, 0.3) is 0 Å². The van der Waals surface area contributed by atoms with Crippen LogP contribution in [-0.2, 0) is 16.1 Å². The standard InChI is InChI=1S/C14H19NO3S/c1-3-4-10(2)14(18)15-8-12-7-11(9-19-12)5-6-13(16)17/h5-7,9-10H,3-4,8H2,1-2H3,(H,15,18)(H,16,17). The third-order valence-electron chi connectivity index (χ3n) is 2.70. The zero-order chi connectivity index (χ0) is 14.3. The number of carbonyl (C=O) groups excluding carboxylic acids is 1. The molecule has 0 fully saturated rings. The molecule has 4 nitrogen and oxygen atoms in total. The summed E-state index contributed by atoms with van der Waals surface area (Å²) in [5.74, 6) is -0.858. The molecular formula is C14H19NO3S. The second-order valence-corrected chi connectivity index (χ2v) is 5.42. The van der Waals surface area contributed by atoms with Gasteiger partial charge in [0.2, 0.25) is 5.91 Å². The Bertz CT molecular complexity index is 465. The van der Waals surface area contributed by atoms with Crippen LogP contribution in [0.2, 0.25) is 0 Å². The highest BCUT2D eigenvalue weighted by Gasteiger charge is 2.11. The number of rotatable bonds is 7. The van der Waals surface area contributed by atoms with E-state index in [0.717, 1.165) is 29.4 Å². The maximum absolute atomic E-state index is 11.7. The fraction of sp³-hybridized carbons (Fsp3) is 0.429. The predicted octanol–water partition coefficient (Wildman–Crippen LogP) is 2.90. The summed E-state index contributed by atoms with van der Waals surface area (Å²) >= 11 is 1.51. The molecule has 1 amide bonds. The van der Waals surface area contributed by atoms with Gasteiger partial charge in [0.15, 0.2) is 0 Å². The number of amides is 1. The topological polar surface area (TPSA) is 66.4 Å². The van der Waals surface area contributed by atoms with Crippen LogP contribution in [0.25, 0.3) is 6.08 Å². The van der Waals surface area contributed by atoms with E-state index in [1.54, 1.807) is 6.08 Å². The van der Waals surface area contributed by atoms with Crippen molar-refractivity contribution in [3.63, 3.8) is 0 Å². The van der Waals surface area contributed by atoms with Crippen molar-refractivity contribution in [3.05, 3.63) is 28.0 Å². The summed E-state index contributed by atoms with van der Waals surface area (Å²) in [5, 5.41) is 13.3. The number of thiophene rings is 1. The Morgan fingerprint density at radius 3 is 2.89 bits per heavy atom. The summed E-state index contributed by atoms with van der Waals surface area (Å²) < 4.78 is 0. The number of aliphatic carboxylic acids is 1. The summed E-state index contributed by atoms with van der Waals surface area (Å²) in [7, 11) is 0. The van der Waals surface area contributed by atoms with Gasteiger partial charge in [-0.15, -0.1) is 11.3 Å². The first-order valence-electron chi connectivity index (χ1n) is 6.29. The first-order chi connectivity index (χ1) is 9.02.